The summed E-state index contributed by atoms with van der Waals surface area (Å²) in [5.74, 6) is 2.22. The number of halogens is 2. The number of rotatable bonds is 0. The van der Waals surface area contributed by atoms with Crippen molar-refractivity contribution in [2.45, 2.75) is 13.8 Å². The van der Waals surface area contributed by atoms with E-state index in [-0.39, 0.29) is 0 Å². The minimum atomic E-state index is -0.556. The van der Waals surface area contributed by atoms with Gasteiger partial charge in [0.15, 0.2) is 0 Å². The molecule has 3 rings (SSSR count). The third kappa shape index (κ3) is 6.75. The van der Waals surface area contributed by atoms with E-state index in [1.807, 2.05) is 0 Å². The molecule has 0 fully saturated rings. The smallest absolute Gasteiger partial charge is 0.0809 e. The van der Waals surface area contributed by atoms with Gasteiger partial charge in [0.1, 0.15) is 0 Å². The fourth-order valence-electron chi connectivity index (χ4n) is 1.68. The first kappa shape index (κ1) is 17.0. The summed E-state index contributed by atoms with van der Waals surface area (Å²) in [6, 6.07) is 16.9. The first-order chi connectivity index (χ1) is 9.17. The van der Waals surface area contributed by atoms with Gasteiger partial charge in [-0.2, -0.15) is 34.9 Å². The molecule has 0 aliphatic carbocycles. The summed E-state index contributed by atoms with van der Waals surface area (Å²) >= 11 is -0.556. The van der Waals surface area contributed by atoms with Crippen LogP contribution in [0.1, 0.15) is 10.9 Å². The SMILES string of the molecule is Cc1cp[c-](C)c1.[Cl][Ti][Cl].c1ccc2[cH-]ccc2c1. The van der Waals surface area contributed by atoms with Crippen molar-refractivity contribution in [2.75, 3.05) is 0 Å². The van der Waals surface area contributed by atoms with Gasteiger partial charge in [-0.3, -0.25) is 0 Å². The number of fused-ring (bicyclic) bond motifs is 1. The molecule has 0 aliphatic heterocycles. The van der Waals surface area contributed by atoms with Crippen molar-refractivity contribution in [3.8, 4) is 0 Å². The van der Waals surface area contributed by atoms with Crippen molar-refractivity contribution in [3.63, 3.8) is 0 Å². The van der Waals surface area contributed by atoms with Crippen molar-refractivity contribution >= 4 is 37.6 Å². The van der Waals surface area contributed by atoms with Gasteiger partial charge in [0, 0.05) is 0 Å². The maximum absolute atomic E-state index is 4.89. The van der Waals surface area contributed by atoms with E-state index >= 15 is 0 Å². The van der Waals surface area contributed by atoms with Crippen LogP contribution in [0.25, 0.3) is 10.8 Å². The zero-order valence-corrected chi connectivity index (χ0v) is 14.9. The van der Waals surface area contributed by atoms with Crippen LogP contribution in [0.5, 0.6) is 0 Å². The molecule has 0 N–H and O–H groups in total. The zero-order valence-electron chi connectivity index (χ0n) is 10.9. The van der Waals surface area contributed by atoms with Crippen LogP contribution >= 0.6 is 26.8 Å². The van der Waals surface area contributed by atoms with Crippen LogP contribution in [0.15, 0.2) is 54.3 Å². The minimum absolute atomic E-state index is 0.556. The summed E-state index contributed by atoms with van der Waals surface area (Å²) in [4.78, 5) is 0. The second-order valence-electron chi connectivity index (χ2n) is 4.01. The molecule has 0 nitrogen and oxygen atoms in total. The normalized spacial score (nSPS) is 9.47. The van der Waals surface area contributed by atoms with Gasteiger partial charge in [-0.25, -0.2) is 8.19 Å². The predicted molar refractivity (Wildman–Crippen MR) is 85.3 cm³/mol. The van der Waals surface area contributed by atoms with E-state index in [9.17, 15) is 0 Å². The Morgan fingerprint density at radius 3 is 2.37 bits per heavy atom. The molecule has 1 heterocycles. The third-order valence-corrected chi connectivity index (χ3v) is 3.53. The number of aryl methyl sites for hydroxylation is 2. The van der Waals surface area contributed by atoms with E-state index in [1.165, 1.54) is 29.8 Å². The minimum Gasteiger partial charge on any atom is -0.168 e. The van der Waals surface area contributed by atoms with E-state index in [1.54, 1.807) is 0 Å². The molecule has 3 aromatic rings. The molecule has 19 heavy (non-hydrogen) atoms. The molecule has 0 radical (unpaired) electrons. The van der Waals surface area contributed by atoms with Gasteiger partial charge in [-0.15, -0.1) is 34.9 Å². The second kappa shape index (κ2) is 9.75. The quantitative estimate of drug-likeness (QED) is 0.321. The second-order valence-corrected chi connectivity index (χ2v) is 7.82. The summed E-state index contributed by atoms with van der Waals surface area (Å²) in [6.45, 7) is 4.28. The van der Waals surface area contributed by atoms with Gasteiger partial charge < -0.3 is 0 Å². The number of benzene rings is 1. The average Bonchev–Trinajstić information content (AvgIpc) is 2.99. The van der Waals surface area contributed by atoms with Crippen molar-refractivity contribution in [3.05, 3.63) is 65.2 Å². The summed E-state index contributed by atoms with van der Waals surface area (Å²) in [6.07, 6.45) is 0. The number of hydrogen-bond donors (Lipinski definition) is 0. The third-order valence-electron chi connectivity index (χ3n) is 2.46. The van der Waals surface area contributed by atoms with E-state index in [0.717, 1.165) is 0 Å². The van der Waals surface area contributed by atoms with Crippen LogP contribution in [0.4, 0.5) is 0 Å². The Balaban J connectivity index is 0.000000162. The number of hydrogen-bond acceptors (Lipinski definition) is 0. The molecule has 0 amide bonds. The van der Waals surface area contributed by atoms with Crippen molar-refractivity contribution in [2.24, 2.45) is 0 Å². The van der Waals surface area contributed by atoms with E-state index < -0.39 is 17.0 Å². The molecular weight excluding hydrogens is 330 g/mol. The maximum Gasteiger partial charge on any atom is -0.0809 e. The van der Waals surface area contributed by atoms with Crippen LogP contribution in [0.2, 0.25) is 0 Å². The molecule has 0 spiro atoms. The summed E-state index contributed by atoms with van der Waals surface area (Å²) in [5, 5.41) is 4.12. The van der Waals surface area contributed by atoms with Crippen LogP contribution in [0.3, 0.4) is 0 Å². The largest absolute Gasteiger partial charge is 0.168 e. The summed E-state index contributed by atoms with van der Waals surface area (Å²) in [5.41, 5.74) is 1.40. The van der Waals surface area contributed by atoms with E-state index in [2.05, 4.69) is 68.2 Å². The molecular formula is C15H15Cl2PTi-2. The molecule has 0 saturated carbocycles. The standard InChI is InChI=1S/C9H7.C6H8P.2ClH.Ti/c1-2-5-9-7-3-6-8(9)4-1;1-5-3-6(2)7-4-5;;;/h1-7H;3-4H,1-2H3;2*1H;/q2*-1;;;+2/p-2. The van der Waals surface area contributed by atoms with Gasteiger partial charge in [-0.1, -0.05) is 19.9 Å². The van der Waals surface area contributed by atoms with Crippen LogP contribution < -0.4 is 0 Å². The molecule has 4 heteroatoms. The van der Waals surface area contributed by atoms with Crippen molar-refractivity contribution in [1.29, 1.82) is 0 Å². The van der Waals surface area contributed by atoms with Gasteiger partial charge in [0.25, 0.3) is 0 Å². The van der Waals surface area contributed by atoms with Gasteiger partial charge >= 0.3 is 35.6 Å². The molecule has 0 aliphatic rings. The average molecular weight is 345 g/mol. The van der Waals surface area contributed by atoms with Crippen LogP contribution in [0, 0.1) is 13.8 Å². The molecule has 2 aromatic carbocycles. The first-order valence-electron chi connectivity index (χ1n) is 5.80. The van der Waals surface area contributed by atoms with Gasteiger partial charge in [0.2, 0.25) is 0 Å². The van der Waals surface area contributed by atoms with Crippen molar-refractivity contribution < 1.29 is 17.0 Å². The van der Waals surface area contributed by atoms with Gasteiger partial charge in [-0.05, 0) is 0 Å². The fraction of sp³-hybridized carbons (Fsp3) is 0.133. The van der Waals surface area contributed by atoms with E-state index in [4.69, 9.17) is 18.6 Å². The Kier molecular flexibility index (Phi) is 8.70. The van der Waals surface area contributed by atoms with E-state index in [0.29, 0.717) is 0 Å². The molecule has 0 saturated heterocycles. The Bertz CT molecular complexity index is 540. The van der Waals surface area contributed by atoms with Crippen molar-refractivity contribution in [1.82, 2.24) is 0 Å². The monoisotopic (exact) mass is 344 g/mol. The molecule has 100 valence electrons. The Morgan fingerprint density at radius 1 is 1.21 bits per heavy atom. The topological polar surface area (TPSA) is 0 Å². The fourth-order valence-corrected chi connectivity index (χ4v) is 2.44. The Hall–Kier alpha value is -0.0957. The maximum atomic E-state index is 4.89. The molecule has 0 unspecified atom stereocenters. The van der Waals surface area contributed by atoms with Crippen LogP contribution in [-0.2, 0) is 17.0 Å². The first-order valence-corrected chi connectivity index (χ1v) is 11.1. The predicted octanol–water partition coefficient (Wildman–Crippen LogP) is 6.54. The summed E-state index contributed by atoms with van der Waals surface area (Å²) in [7, 11) is 11.2. The van der Waals surface area contributed by atoms with Crippen LogP contribution in [-0.4, -0.2) is 0 Å². The molecule has 1 aromatic heterocycles. The zero-order chi connectivity index (χ0) is 14.1. The van der Waals surface area contributed by atoms with Gasteiger partial charge in [0.05, 0.1) is 0 Å². The molecule has 0 atom stereocenters. The Labute approximate surface area is 133 Å². The molecule has 0 bridgehead atoms. The Morgan fingerprint density at radius 2 is 1.89 bits per heavy atom. The summed E-state index contributed by atoms with van der Waals surface area (Å²) < 4.78 is 0.